The average molecular weight is 227 g/mol. The van der Waals surface area contributed by atoms with Crippen molar-refractivity contribution in [3.05, 3.63) is 16.1 Å². The quantitative estimate of drug-likeness (QED) is 0.574. The van der Waals surface area contributed by atoms with Gasteiger partial charge in [0, 0.05) is 13.1 Å². The van der Waals surface area contributed by atoms with Crippen LogP contribution in [0.4, 0.5) is 0 Å². The Morgan fingerprint density at radius 3 is 2.40 bits per heavy atom. The molecule has 0 saturated carbocycles. The van der Waals surface area contributed by atoms with E-state index < -0.39 is 11.6 Å². The Bertz CT molecular complexity index is 390. The maximum absolute atomic E-state index is 11.5. The number of hydrogen-bond acceptors (Lipinski definition) is 5. The number of aromatic nitrogens is 1. The third-order valence-electron chi connectivity index (χ3n) is 1.43. The molecule has 0 aliphatic carbocycles. The Morgan fingerprint density at radius 2 is 2.00 bits per heavy atom. The van der Waals surface area contributed by atoms with Crippen molar-refractivity contribution in [3.8, 4) is 0 Å². The van der Waals surface area contributed by atoms with Crippen LogP contribution in [0.2, 0.25) is 0 Å². The molecule has 1 heterocycles. The molecule has 0 bridgehead atoms. The zero-order valence-electron chi connectivity index (χ0n) is 9.16. The Morgan fingerprint density at radius 1 is 1.40 bits per heavy atom. The fourth-order valence-electron chi connectivity index (χ4n) is 0.853. The van der Waals surface area contributed by atoms with Gasteiger partial charge in [0.15, 0.2) is 5.78 Å². The van der Waals surface area contributed by atoms with Gasteiger partial charge >= 0.3 is 5.97 Å². The molecule has 0 aliphatic heterocycles. The second-order valence-corrected chi connectivity index (χ2v) is 5.12. The fourth-order valence-corrected chi connectivity index (χ4v) is 1.54. The first-order valence-corrected chi connectivity index (χ1v) is 5.31. The van der Waals surface area contributed by atoms with Crippen LogP contribution in [0.3, 0.4) is 0 Å². The van der Waals surface area contributed by atoms with Gasteiger partial charge in [-0.3, -0.25) is 4.79 Å². The van der Waals surface area contributed by atoms with Crippen molar-refractivity contribution in [2.24, 2.45) is 0 Å². The smallest absolute Gasteiger partial charge is 0.367 e. The van der Waals surface area contributed by atoms with Gasteiger partial charge in [0.25, 0.3) is 0 Å². The molecule has 0 N–H and O–H groups in total. The summed E-state index contributed by atoms with van der Waals surface area (Å²) in [7, 11) is 0. The highest BCUT2D eigenvalue weighted by Gasteiger charge is 2.21. The van der Waals surface area contributed by atoms with Gasteiger partial charge in [-0.2, -0.15) is 0 Å². The van der Waals surface area contributed by atoms with Crippen LogP contribution in [0.1, 0.15) is 47.2 Å². The molecular weight excluding hydrogens is 214 g/mol. The number of ether oxygens (including phenoxy) is 1. The lowest BCUT2D eigenvalue weighted by molar-refractivity contribution is 0.00691. The predicted octanol–water partition coefficient (Wildman–Crippen LogP) is 2.30. The van der Waals surface area contributed by atoms with Gasteiger partial charge in [0.1, 0.15) is 5.60 Å². The van der Waals surface area contributed by atoms with Crippen LogP contribution in [-0.4, -0.2) is 22.3 Å². The largest absolute Gasteiger partial charge is 0.455 e. The molecule has 0 aromatic carbocycles. The van der Waals surface area contributed by atoms with Crippen molar-refractivity contribution >= 4 is 23.1 Å². The minimum absolute atomic E-state index is 0.0951. The number of nitrogens with zero attached hydrogens (tertiary/aromatic N) is 1. The molecule has 1 rings (SSSR count). The first-order valence-electron chi connectivity index (χ1n) is 4.50. The topological polar surface area (TPSA) is 56.3 Å². The summed E-state index contributed by atoms with van der Waals surface area (Å²) in [6.07, 6.45) is 1.40. The molecule has 0 radical (unpaired) electrons. The second-order valence-electron chi connectivity index (χ2n) is 4.09. The number of Topliss-reactive ketones (excluding diaryl/α,β-unsaturated/α-hetero) is 1. The highest BCUT2D eigenvalue weighted by Crippen LogP contribution is 2.17. The lowest BCUT2D eigenvalue weighted by atomic mass is 10.2. The molecule has 0 amide bonds. The van der Waals surface area contributed by atoms with E-state index in [9.17, 15) is 9.59 Å². The minimum Gasteiger partial charge on any atom is -0.455 e. The van der Waals surface area contributed by atoms with Gasteiger partial charge in [0.2, 0.25) is 5.01 Å². The number of esters is 1. The SMILES string of the molecule is CC(=O)c1cnc(C(=O)OC(C)(C)C)s1. The molecular formula is C10H13NO3S. The van der Waals surface area contributed by atoms with E-state index in [-0.39, 0.29) is 10.8 Å². The first kappa shape index (κ1) is 11.8. The molecule has 1 aromatic rings. The maximum atomic E-state index is 11.5. The Kier molecular flexibility index (Phi) is 3.24. The van der Waals surface area contributed by atoms with E-state index in [2.05, 4.69) is 4.98 Å². The number of carbonyl (C=O) groups is 2. The third-order valence-corrected chi connectivity index (χ3v) is 2.50. The van der Waals surface area contributed by atoms with Gasteiger partial charge in [-0.25, -0.2) is 9.78 Å². The van der Waals surface area contributed by atoms with E-state index in [0.29, 0.717) is 4.88 Å². The van der Waals surface area contributed by atoms with Crippen LogP contribution in [0.15, 0.2) is 6.20 Å². The zero-order chi connectivity index (χ0) is 11.6. The van der Waals surface area contributed by atoms with Crippen molar-refractivity contribution in [3.63, 3.8) is 0 Å². The molecule has 0 spiro atoms. The van der Waals surface area contributed by atoms with Crippen molar-refractivity contribution in [2.75, 3.05) is 0 Å². The predicted molar refractivity (Wildman–Crippen MR) is 57.3 cm³/mol. The van der Waals surface area contributed by atoms with Crippen LogP contribution < -0.4 is 0 Å². The van der Waals surface area contributed by atoms with E-state index in [1.807, 2.05) is 0 Å². The molecule has 0 atom stereocenters. The van der Waals surface area contributed by atoms with Gasteiger partial charge in [-0.05, 0) is 20.8 Å². The molecule has 0 unspecified atom stereocenters. The minimum atomic E-state index is -0.543. The summed E-state index contributed by atoms with van der Waals surface area (Å²) in [6.45, 7) is 6.78. The van der Waals surface area contributed by atoms with E-state index >= 15 is 0 Å². The van der Waals surface area contributed by atoms with Crippen molar-refractivity contribution in [1.82, 2.24) is 4.98 Å². The summed E-state index contributed by atoms with van der Waals surface area (Å²) in [4.78, 5) is 26.8. The van der Waals surface area contributed by atoms with Crippen LogP contribution in [0.25, 0.3) is 0 Å². The maximum Gasteiger partial charge on any atom is 0.367 e. The fraction of sp³-hybridized carbons (Fsp3) is 0.500. The number of ketones is 1. The third kappa shape index (κ3) is 3.43. The highest BCUT2D eigenvalue weighted by molar-refractivity contribution is 7.15. The molecule has 0 fully saturated rings. The van der Waals surface area contributed by atoms with E-state index in [4.69, 9.17) is 4.74 Å². The van der Waals surface area contributed by atoms with Crippen LogP contribution in [0, 0.1) is 0 Å². The van der Waals surface area contributed by atoms with E-state index in [1.165, 1.54) is 13.1 Å². The summed E-state index contributed by atoms with van der Waals surface area (Å²) in [5.41, 5.74) is -0.543. The van der Waals surface area contributed by atoms with Gasteiger partial charge < -0.3 is 4.74 Å². The normalized spacial score (nSPS) is 11.2. The molecule has 4 nitrogen and oxygen atoms in total. The molecule has 5 heteroatoms. The summed E-state index contributed by atoms with van der Waals surface area (Å²) < 4.78 is 5.11. The number of carbonyl (C=O) groups excluding carboxylic acids is 2. The first-order chi connectivity index (χ1) is 6.79. The molecule has 1 aromatic heterocycles. The molecule has 0 saturated heterocycles. The second kappa shape index (κ2) is 4.10. The summed E-state index contributed by atoms with van der Waals surface area (Å²) in [5, 5.41) is 0.218. The summed E-state index contributed by atoms with van der Waals surface area (Å²) in [6, 6.07) is 0. The van der Waals surface area contributed by atoms with Gasteiger partial charge in [-0.1, -0.05) is 0 Å². The van der Waals surface area contributed by atoms with Crippen molar-refractivity contribution in [1.29, 1.82) is 0 Å². The number of hydrogen-bond donors (Lipinski definition) is 0. The van der Waals surface area contributed by atoms with Crippen LogP contribution in [-0.2, 0) is 4.74 Å². The molecule has 15 heavy (non-hydrogen) atoms. The lowest BCUT2D eigenvalue weighted by Gasteiger charge is -2.18. The van der Waals surface area contributed by atoms with E-state index in [1.54, 1.807) is 20.8 Å². The zero-order valence-corrected chi connectivity index (χ0v) is 9.97. The van der Waals surface area contributed by atoms with Gasteiger partial charge in [0.05, 0.1) is 4.88 Å². The van der Waals surface area contributed by atoms with Crippen LogP contribution >= 0.6 is 11.3 Å². The number of rotatable bonds is 2. The van der Waals surface area contributed by atoms with Crippen molar-refractivity contribution < 1.29 is 14.3 Å². The molecule has 82 valence electrons. The Balaban J connectivity index is 2.79. The van der Waals surface area contributed by atoms with Crippen molar-refractivity contribution in [2.45, 2.75) is 33.3 Å². The van der Waals surface area contributed by atoms with Gasteiger partial charge in [-0.15, -0.1) is 11.3 Å². The average Bonchev–Trinajstić information content (AvgIpc) is 2.47. The summed E-state index contributed by atoms with van der Waals surface area (Å²) >= 11 is 1.05. The monoisotopic (exact) mass is 227 g/mol. The Labute approximate surface area is 92.3 Å². The standard InChI is InChI=1S/C10H13NO3S/c1-6(12)7-5-11-8(15-7)9(13)14-10(2,3)4/h5H,1-4H3. The highest BCUT2D eigenvalue weighted by atomic mass is 32.1. The van der Waals surface area contributed by atoms with Crippen LogP contribution in [0.5, 0.6) is 0 Å². The number of thiazole rings is 1. The lowest BCUT2D eigenvalue weighted by Crippen LogP contribution is -2.23. The Hall–Kier alpha value is -1.23. The summed E-state index contributed by atoms with van der Waals surface area (Å²) in [5.74, 6) is -0.581. The molecule has 0 aliphatic rings. The van der Waals surface area contributed by atoms with E-state index in [0.717, 1.165) is 11.3 Å².